The summed E-state index contributed by atoms with van der Waals surface area (Å²) in [4.78, 5) is 2.43. The molecular formula is C16H26N2O. The molecule has 1 unspecified atom stereocenters. The molecule has 1 saturated heterocycles. The summed E-state index contributed by atoms with van der Waals surface area (Å²) in [5.74, 6) is 0.812. The zero-order chi connectivity index (χ0) is 13.5. The molecule has 0 bridgehead atoms. The number of ether oxygens (including phenoxy) is 1. The van der Waals surface area contributed by atoms with Gasteiger partial charge in [-0.05, 0) is 50.0 Å². The predicted octanol–water partition coefficient (Wildman–Crippen LogP) is 2.26. The van der Waals surface area contributed by atoms with Gasteiger partial charge in [0.25, 0.3) is 0 Å². The van der Waals surface area contributed by atoms with Gasteiger partial charge >= 0.3 is 0 Å². The van der Waals surface area contributed by atoms with Gasteiger partial charge in [-0.2, -0.15) is 0 Å². The zero-order valence-electron chi connectivity index (χ0n) is 12.2. The summed E-state index contributed by atoms with van der Waals surface area (Å²) >= 11 is 0. The fraction of sp³-hybridized carbons (Fsp3) is 0.625. The van der Waals surface area contributed by atoms with Gasteiger partial charge in [0.15, 0.2) is 0 Å². The molecule has 0 aromatic heterocycles. The van der Waals surface area contributed by atoms with Crippen LogP contribution >= 0.6 is 0 Å². The third kappa shape index (κ3) is 4.94. The quantitative estimate of drug-likeness (QED) is 0.851. The first kappa shape index (κ1) is 14.5. The molecule has 1 aliphatic rings. The lowest BCUT2D eigenvalue weighted by Gasteiger charge is -2.27. The van der Waals surface area contributed by atoms with E-state index in [4.69, 9.17) is 4.74 Å². The van der Waals surface area contributed by atoms with E-state index in [9.17, 15) is 0 Å². The Balaban J connectivity index is 1.78. The third-order valence-corrected chi connectivity index (χ3v) is 3.76. The smallest absolute Gasteiger partial charge is 0.0713 e. The highest BCUT2D eigenvalue weighted by atomic mass is 16.5. The standard InChI is InChI=1S/C16H26N2O/c1-18(12-16-4-3-9-17-10-16)11-14-5-7-15(8-6-14)13-19-2/h5-8,16-17H,3-4,9-13H2,1-2H3. The zero-order valence-corrected chi connectivity index (χ0v) is 12.2. The molecule has 1 heterocycles. The number of methoxy groups -OCH3 is 1. The predicted molar refractivity (Wildman–Crippen MR) is 79.1 cm³/mol. The van der Waals surface area contributed by atoms with Gasteiger partial charge in [0.1, 0.15) is 0 Å². The summed E-state index contributed by atoms with van der Waals surface area (Å²) in [6.07, 6.45) is 2.69. The summed E-state index contributed by atoms with van der Waals surface area (Å²) in [7, 11) is 3.96. The molecule has 3 nitrogen and oxygen atoms in total. The first-order valence-corrected chi connectivity index (χ1v) is 7.24. The van der Waals surface area contributed by atoms with Gasteiger partial charge in [0.05, 0.1) is 6.61 Å². The average molecular weight is 262 g/mol. The Morgan fingerprint density at radius 3 is 2.63 bits per heavy atom. The molecule has 1 atom stereocenters. The third-order valence-electron chi connectivity index (χ3n) is 3.76. The summed E-state index contributed by atoms with van der Waals surface area (Å²) in [6.45, 7) is 5.29. The van der Waals surface area contributed by atoms with Crippen LogP contribution in [0.2, 0.25) is 0 Å². The highest BCUT2D eigenvalue weighted by molar-refractivity contribution is 5.21. The number of nitrogens with zero attached hydrogens (tertiary/aromatic N) is 1. The van der Waals surface area contributed by atoms with Crippen LogP contribution in [-0.2, 0) is 17.9 Å². The van der Waals surface area contributed by atoms with Crippen LogP contribution in [0.1, 0.15) is 24.0 Å². The number of piperidine rings is 1. The molecule has 19 heavy (non-hydrogen) atoms. The van der Waals surface area contributed by atoms with Crippen molar-refractivity contribution in [1.82, 2.24) is 10.2 Å². The van der Waals surface area contributed by atoms with Crippen LogP contribution < -0.4 is 5.32 Å². The minimum atomic E-state index is 0.698. The largest absolute Gasteiger partial charge is 0.380 e. The van der Waals surface area contributed by atoms with Gasteiger partial charge in [0.2, 0.25) is 0 Å². The van der Waals surface area contributed by atoms with Gasteiger partial charge in [0, 0.05) is 20.2 Å². The van der Waals surface area contributed by atoms with E-state index in [1.54, 1.807) is 7.11 Å². The van der Waals surface area contributed by atoms with E-state index in [1.807, 2.05) is 0 Å². The lowest BCUT2D eigenvalue weighted by atomic mass is 9.99. The molecule has 1 N–H and O–H groups in total. The van der Waals surface area contributed by atoms with Crippen LogP contribution in [0.25, 0.3) is 0 Å². The topological polar surface area (TPSA) is 24.5 Å². The van der Waals surface area contributed by atoms with Crippen molar-refractivity contribution in [3.05, 3.63) is 35.4 Å². The van der Waals surface area contributed by atoms with E-state index in [2.05, 4.69) is 41.5 Å². The first-order valence-electron chi connectivity index (χ1n) is 7.24. The van der Waals surface area contributed by atoms with Crippen LogP contribution in [0.3, 0.4) is 0 Å². The summed E-state index contributed by atoms with van der Waals surface area (Å²) in [5.41, 5.74) is 2.62. The van der Waals surface area contributed by atoms with Crippen molar-refractivity contribution in [2.24, 2.45) is 5.92 Å². The minimum Gasteiger partial charge on any atom is -0.380 e. The maximum atomic E-state index is 5.13. The fourth-order valence-electron chi connectivity index (χ4n) is 2.80. The van der Waals surface area contributed by atoms with Gasteiger partial charge in [-0.1, -0.05) is 24.3 Å². The highest BCUT2D eigenvalue weighted by Gasteiger charge is 2.14. The number of hydrogen-bond donors (Lipinski definition) is 1. The molecule has 0 amide bonds. The van der Waals surface area contributed by atoms with Crippen LogP contribution in [0.15, 0.2) is 24.3 Å². The average Bonchev–Trinajstić information content (AvgIpc) is 2.42. The second-order valence-electron chi connectivity index (χ2n) is 5.66. The van der Waals surface area contributed by atoms with E-state index in [0.717, 1.165) is 12.5 Å². The van der Waals surface area contributed by atoms with E-state index < -0.39 is 0 Å². The number of hydrogen-bond acceptors (Lipinski definition) is 3. The van der Waals surface area contributed by atoms with Crippen molar-refractivity contribution in [1.29, 1.82) is 0 Å². The van der Waals surface area contributed by atoms with Crippen molar-refractivity contribution in [2.45, 2.75) is 26.0 Å². The molecule has 0 radical (unpaired) electrons. The van der Waals surface area contributed by atoms with Gasteiger partial charge in [-0.15, -0.1) is 0 Å². The molecule has 3 heteroatoms. The number of rotatable bonds is 6. The Kier molecular flexibility index (Phi) is 5.83. The van der Waals surface area contributed by atoms with E-state index in [0.29, 0.717) is 6.61 Å². The van der Waals surface area contributed by atoms with Crippen molar-refractivity contribution < 1.29 is 4.74 Å². The summed E-state index contributed by atoms with van der Waals surface area (Å²) < 4.78 is 5.13. The molecular weight excluding hydrogens is 236 g/mol. The molecule has 0 aliphatic carbocycles. The molecule has 2 rings (SSSR count). The molecule has 1 aromatic carbocycles. The van der Waals surface area contributed by atoms with Crippen molar-refractivity contribution in [2.75, 3.05) is 33.8 Å². The van der Waals surface area contributed by atoms with E-state index in [-0.39, 0.29) is 0 Å². The Morgan fingerprint density at radius 2 is 2.00 bits per heavy atom. The monoisotopic (exact) mass is 262 g/mol. The Bertz CT molecular complexity index is 358. The Hall–Kier alpha value is -0.900. The Labute approximate surface area is 116 Å². The number of nitrogens with one attached hydrogen (secondary N) is 1. The second kappa shape index (κ2) is 7.63. The maximum Gasteiger partial charge on any atom is 0.0713 e. The van der Waals surface area contributed by atoms with Gasteiger partial charge < -0.3 is 15.0 Å². The highest BCUT2D eigenvalue weighted by Crippen LogP contribution is 2.13. The van der Waals surface area contributed by atoms with Gasteiger partial charge in [-0.3, -0.25) is 0 Å². The summed E-state index contributed by atoms with van der Waals surface area (Å²) in [6, 6.07) is 8.75. The van der Waals surface area contributed by atoms with Crippen LogP contribution in [0, 0.1) is 5.92 Å². The summed E-state index contributed by atoms with van der Waals surface area (Å²) in [5, 5.41) is 3.48. The normalized spacial score (nSPS) is 19.8. The fourth-order valence-corrected chi connectivity index (χ4v) is 2.80. The molecule has 0 saturated carbocycles. The number of benzene rings is 1. The van der Waals surface area contributed by atoms with E-state index in [1.165, 1.54) is 43.6 Å². The van der Waals surface area contributed by atoms with Crippen molar-refractivity contribution in [3.8, 4) is 0 Å². The molecule has 1 aliphatic heterocycles. The van der Waals surface area contributed by atoms with Crippen molar-refractivity contribution in [3.63, 3.8) is 0 Å². The first-order chi connectivity index (χ1) is 9.28. The van der Waals surface area contributed by atoms with Crippen molar-refractivity contribution >= 4 is 0 Å². The SMILES string of the molecule is COCc1ccc(CN(C)CC2CCCNC2)cc1. The minimum absolute atomic E-state index is 0.698. The molecule has 106 valence electrons. The second-order valence-corrected chi connectivity index (χ2v) is 5.66. The molecule has 1 fully saturated rings. The van der Waals surface area contributed by atoms with Crippen LogP contribution in [-0.4, -0.2) is 38.7 Å². The lowest BCUT2D eigenvalue weighted by molar-refractivity contribution is 0.185. The van der Waals surface area contributed by atoms with Crippen LogP contribution in [0.5, 0.6) is 0 Å². The molecule has 0 spiro atoms. The van der Waals surface area contributed by atoms with Crippen LogP contribution in [0.4, 0.5) is 0 Å². The maximum absolute atomic E-state index is 5.13. The lowest BCUT2D eigenvalue weighted by Crippen LogP contribution is -2.36. The molecule has 1 aromatic rings. The Morgan fingerprint density at radius 1 is 1.26 bits per heavy atom. The van der Waals surface area contributed by atoms with E-state index >= 15 is 0 Å². The van der Waals surface area contributed by atoms with Gasteiger partial charge in [-0.25, -0.2) is 0 Å².